The molecule has 386 valence electrons. The number of carbonyl (C=O) groups excluding carboxylic acids is 4. The Labute approximate surface area is 431 Å². The molecule has 4 aromatic rings. The molecule has 0 aromatic heterocycles. The summed E-state index contributed by atoms with van der Waals surface area (Å²) in [6.07, 6.45) is 2.75. The van der Waals surface area contributed by atoms with Gasteiger partial charge in [-0.3, -0.25) is 28.0 Å². The van der Waals surface area contributed by atoms with E-state index >= 15 is 0 Å². The molecule has 0 unspecified atom stereocenters. The Hall–Kier alpha value is -5.68. The van der Waals surface area contributed by atoms with E-state index in [2.05, 4.69) is 46.6 Å². The topological polar surface area (TPSA) is 252 Å². The van der Waals surface area contributed by atoms with Gasteiger partial charge in [-0.25, -0.2) is 9.36 Å². The van der Waals surface area contributed by atoms with Gasteiger partial charge >= 0.3 is 17.2 Å². The summed E-state index contributed by atoms with van der Waals surface area (Å²) >= 11 is 19.4. The predicted molar refractivity (Wildman–Crippen MR) is 267 cm³/mol. The molecule has 2 aliphatic carbocycles. The smallest absolute Gasteiger partial charge is 0.473 e. The minimum atomic E-state index is -3.16. The third-order valence-corrected chi connectivity index (χ3v) is 12.3. The van der Waals surface area contributed by atoms with Gasteiger partial charge < -0.3 is 49.5 Å². The molecule has 0 spiro atoms. The molecule has 0 heterocycles. The van der Waals surface area contributed by atoms with Gasteiger partial charge in [-0.2, -0.15) is 5.26 Å². The van der Waals surface area contributed by atoms with Crippen molar-refractivity contribution in [2.75, 3.05) is 64.0 Å². The van der Waals surface area contributed by atoms with Crippen molar-refractivity contribution < 1.29 is 70.5 Å². The fraction of sp³-hybridized carbons (Fsp3) is 0.383. The number of nitrogens with one attached hydrogen (secondary N) is 2. The van der Waals surface area contributed by atoms with E-state index in [0.717, 1.165) is 44.5 Å². The van der Waals surface area contributed by atoms with Crippen LogP contribution in [0.3, 0.4) is 0 Å². The maximum Gasteiger partial charge on any atom is 0.473 e. The van der Waals surface area contributed by atoms with Crippen molar-refractivity contribution in [1.29, 1.82) is 5.26 Å². The Balaban J connectivity index is 0.000000288. The first-order valence-electron chi connectivity index (χ1n) is 20.9. The highest BCUT2D eigenvalue weighted by molar-refractivity contribution is 7.48. The molecular weight excluding hydrogens is 1030 g/mol. The molecule has 0 saturated heterocycles. The van der Waals surface area contributed by atoms with Crippen LogP contribution in [0, 0.1) is 11.3 Å². The first-order chi connectivity index (χ1) is 33.5. The quantitative estimate of drug-likeness (QED) is 0.0678. The number of nitrogens with two attached hydrogens (primary N) is 1. The number of aryl methyl sites for hydroxylation is 2. The van der Waals surface area contributed by atoms with Gasteiger partial charge in [0.05, 0.1) is 66.4 Å². The second kappa shape index (κ2) is 27.2. The molecule has 2 atom stereocenters. The number of rotatable bonds is 12. The third kappa shape index (κ3) is 15.7. The molecule has 6 rings (SSSR count). The number of primary amides is 1. The minimum absolute atomic E-state index is 0.110. The third-order valence-electron chi connectivity index (χ3n) is 10.7. The first kappa shape index (κ1) is 59.6. The van der Waals surface area contributed by atoms with Crippen LogP contribution in [0.1, 0.15) is 76.9 Å². The predicted octanol–water partition coefficient (Wildman–Crippen LogP) is 9.70. The summed E-state index contributed by atoms with van der Waals surface area (Å²) in [6.45, 7) is 2.97. The van der Waals surface area contributed by atoms with Crippen LogP contribution < -0.4 is 44.8 Å². The van der Waals surface area contributed by atoms with Crippen LogP contribution in [0.15, 0.2) is 48.5 Å². The second-order valence-corrected chi connectivity index (χ2v) is 19.3. The van der Waals surface area contributed by atoms with Crippen LogP contribution in [-0.4, -0.2) is 91.1 Å². The van der Waals surface area contributed by atoms with Crippen molar-refractivity contribution in [2.24, 2.45) is 5.73 Å². The number of phosphoric ester groups is 1. The standard InChI is InChI=1S/C21H24N2O5.C21H22N2O4.C3H9O4P.C2Cl4O2/c1-11(24)23-16-8-6-12-10-17(26-2)19(27-3)20(28-4)18(12)14-7-5-13(21(22)25)9-15(14)16;1-12(24)23-17-8-6-14-10-18(25-2)20(26-3)21(27-4)19(14)15-7-5-13(11-22)9-16(15)17;1-5-8(4,6-2)7-3;3-1(7)8-2(4,5)6/h5,7,9-10,16H,6,8H2,1-4H3,(H2,22,25)(H,23,24);5,7,9-10,17H,6,8H2,1-4H3,(H,23,24);1-3H3;/t16-;17-;;/m00../s1. The lowest BCUT2D eigenvalue weighted by atomic mass is 9.92. The lowest BCUT2D eigenvalue weighted by Gasteiger charge is -2.21. The lowest BCUT2D eigenvalue weighted by molar-refractivity contribution is -0.120. The number of phosphoric acid groups is 1. The average molecular weight is 1090 g/mol. The van der Waals surface area contributed by atoms with Gasteiger partial charge in [0.25, 0.3) is 0 Å². The Kier molecular flexibility index (Phi) is 22.9. The number of benzene rings is 4. The number of amides is 3. The minimum Gasteiger partial charge on any atom is -0.493 e. The summed E-state index contributed by atoms with van der Waals surface area (Å²) in [4.78, 5) is 45.0. The maximum absolute atomic E-state index is 11.8. The van der Waals surface area contributed by atoms with Gasteiger partial charge in [-0.15, -0.1) is 0 Å². The Morgan fingerprint density at radius 3 is 1.35 bits per heavy atom. The number of nitriles is 1. The van der Waals surface area contributed by atoms with E-state index in [1.165, 1.54) is 35.2 Å². The van der Waals surface area contributed by atoms with E-state index in [9.17, 15) is 29.0 Å². The fourth-order valence-corrected chi connectivity index (χ4v) is 8.69. The molecule has 0 aliphatic heterocycles. The number of ether oxygens (including phenoxy) is 7. The van der Waals surface area contributed by atoms with E-state index in [-0.39, 0.29) is 23.9 Å². The van der Waals surface area contributed by atoms with Crippen LogP contribution in [0.2, 0.25) is 0 Å². The summed E-state index contributed by atoms with van der Waals surface area (Å²) < 4.78 is 59.0. The Morgan fingerprint density at radius 2 is 1.06 bits per heavy atom. The lowest BCUT2D eigenvalue weighted by Crippen LogP contribution is -2.26. The van der Waals surface area contributed by atoms with Crippen molar-refractivity contribution >= 4 is 77.4 Å². The maximum atomic E-state index is 11.8. The van der Waals surface area contributed by atoms with E-state index in [1.807, 2.05) is 30.3 Å². The number of alkyl halides is 3. The van der Waals surface area contributed by atoms with Gasteiger partial charge in [0.2, 0.25) is 29.2 Å². The van der Waals surface area contributed by atoms with Crippen molar-refractivity contribution in [3.63, 3.8) is 0 Å². The molecule has 24 heteroatoms. The van der Waals surface area contributed by atoms with Crippen LogP contribution in [0.4, 0.5) is 4.79 Å². The first-order valence-corrected chi connectivity index (χ1v) is 23.9. The summed E-state index contributed by atoms with van der Waals surface area (Å²) in [5, 5.41) is 15.3. The van der Waals surface area contributed by atoms with Gasteiger partial charge in [-0.05, 0) is 130 Å². The largest absolute Gasteiger partial charge is 0.493 e. The highest BCUT2D eigenvalue weighted by atomic mass is 35.6. The van der Waals surface area contributed by atoms with Crippen molar-refractivity contribution in [3.05, 3.63) is 81.9 Å². The summed E-state index contributed by atoms with van der Waals surface area (Å²) in [7, 11) is 10.1. The zero-order chi connectivity index (χ0) is 53.4. The molecule has 19 nitrogen and oxygen atoms in total. The van der Waals surface area contributed by atoms with Gasteiger partial charge in [0.15, 0.2) is 23.0 Å². The second-order valence-electron chi connectivity index (χ2n) is 14.8. The molecule has 3 amide bonds. The number of halogens is 4. The van der Waals surface area contributed by atoms with Crippen molar-refractivity contribution in [1.82, 2.24) is 10.6 Å². The normalized spacial score (nSPS) is 14.1. The number of carbonyl (C=O) groups is 4. The Bertz CT molecular complexity index is 2640. The SMILES string of the molecule is COP(=O)(OC)OC.COc1cc2c(c(OC)c1OC)-c1ccc(C#N)cc1[C@@H](NC(C)=O)CC2.COc1cc2c(c(OC)c1OC)-c1ccc(C(N)=O)cc1[C@@H](NC(C)=O)CC2.O=C(Cl)OC(Cl)(Cl)Cl. The van der Waals surface area contributed by atoms with E-state index in [1.54, 1.807) is 60.9 Å². The molecular formula is C47H55Cl4N4O15P. The molecule has 0 bridgehead atoms. The molecule has 0 radical (unpaired) electrons. The molecule has 0 saturated carbocycles. The molecule has 71 heavy (non-hydrogen) atoms. The van der Waals surface area contributed by atoms with E-state index < -0.39 is 23.1 Å². The average Bonchev–Trinajstić information content (AvgIpc) is 3.58. The number of fused-ring (bicyclic) bond motifs is 6. The molecule has 4 aromatic carbocycles. The number of hydrogen-bond acceptors (Lipinski definition) is 16. The number of hydrogen-bond donors (Lipinski definition) is 3. The van der Waals surface area contributed by atoms with Crippen LogP contribution in [-0.2, 0) is 45.3 Å². The monoisotopic (exact) mass is 1090 g/mol. The van der Waals surface area contributed by atoms with Crippen LogP contribution >= 0.6 is 54.2 Å². The van der Waals surface area contributed by atoms with Gasteiger partial charge in [0.1, 0.15) is 0 Å². The number of nitrogens with zero attached hydrogens (tertiary/aromatic N) is 1. The number of methoxy groups -OCH3 is 6. The fourth-order valence-electron chi connectivity index (χ4n) is 7.79. The highest BCUT2D eigenvalue weighted by Crippen LogP contribution is 2.52. The van der Waals surface area contributed by atoms with Crippen molar-refractivity contribution in [2.45, 2.75) is 55.6 Å². The van der Waals surface area contributed by atoms with E-state index in [0.29, 0.717) is 71.3 Å². The zero-order valence-corrected chi connectivity index (χ0v) is 44.6. The zero-order valence-electron chi connectivity index (χ0n) is 40.7. The van der Waals surface area contributed by atoms with Gasteiger partial charge in [0, 0.05) is 63.5 Å². The highest BCUT2D eigenvalue weighted by Gasteiger charge is 2.32. The molecule has 4 N–H and O–H groups in total. The van der Waals surface area contributed by atoms with Crippen LogP contribution in [0.5, 0.6) is 34.5 Å². The summed E-state index contributed by atoms with van der Waals surface area (Å²) in [6, 6.07) is 16.4. The Morgan fingerprint density at radius 1 is 0.648 bits per heavy atom. The summed E-state index contributed by atoms with van der Waals surface area (Å²) in [5.74, 6) is 2.55. The molecule has 0 fully saturated rings. The summed E-state index contributed by atoms with van der Waals surface area (Å²) in [5.41, 5.74) is 12.6. The van der Waals surface area contributed by atoms with Gasteiger partial charge in [-0.1, -0.05) is 12.1 Å². The van der Waals surface area contributed by atoms with Crippen LogP contribution in [0.25, 0.3) is 22.3 Å². The molecule has 2 aliphatic rings. The van der Waals surface area contributed by atoms with Crippen molar-refractivity contribution in [3.8, 4) is 62.8 Å². The van der Waals surface area contributed by atoms with E-state index in [4.69, 9.17) is 69.0 Å².